The molecule has 44 heavy (non-hydrogen) atoms. The number of esters is 1. The van der Waals surface area contributed by atoms with Gasteiger partial charge in [-0.3, -0.25) is 0 Å². The molecule has 2 heterocycles. The molecule has 0 radical (unpaired) electrons. The molecule has 2 aliphatic heterocycles. The van der Waals surface area contributed by atoms with Crippen molar-refractivity contribution < 1.29 is 74.4 Å². The van der Waals surface area contributed by atoms with Crippen LogP contribution in [0.5, 0.6) is 23.0 Å². The quantitative estimate of drug-likeness (QED) is 0.0873. The highest BCUT2D eigenvalue weighted by molar-refractivity contribution is 5.87. The fourth-order valence-electron chi connectivity index (χ4n) is 4.76. The van der Waals surface area contributed by atoms with Crippen LogP contribution in [-0.4, -0.2) is 127 Å². The van der Waals surface area contributed by atoms with Gasteiger partial charge in [-0.25, -0.2) is 4.79 Å². The first kappa shape index (κ1) is 33.4. The van der Waals surface area contributed by atoms with E-state index in [0.29, 0.717) is 11.1 Å². The lowest BCUT2D eigenvalue weighted by molar-refractivity contribution is -0.357. The van der Waals surface area contributed by atoms with Crippen LogP contribution < -0.4 is 0 Å². The van der Waals surface area contributed by atoms with Crippen molar-refractivity contribution in [1.29, 1.82) is 0 Å². The molecule has 2 aromatic carbocycles. The van der Waals surface area contributed by atoms with Gasteiger partial charge in [0, 0.05) is 6.08 Å². The molecule has 10 atom stereocenters. The summed E-state index contributed by atoms with van der Waals surface area (Å²) in [6, 6.07) is 7.98. The first-order chi connectivity index (χ1) is 20.9. The number of hydrogen-bond donors (Lipinski definition) is 9. The number of hydrogen-bond acceptors (Lipinski definition) is 15. The van der Waals surface area contributed by atoms with Crippen molar-refractivity contribution in [3.8, 4) is 23.0 Å². The summed E-state index contributed by atoms with van der Waals surface area (Å²) in [6.45, 7) is 0.606. The minimum Gasteiger partial charge on any atom is -0.504 e. The molecule has 0 aliphatic carbocycles. The highest BCUT2D eigenvalue weighted by atomic mass is 16.7. The van der Waals surface area contributed by atoms with Gasteiger partial charge in [-0.2, -0.15) is 0 Å². The van der Waals surface area contributed by atoms with Gasteiger partial charge in [-0.05, 0) is 54.8 Å². The maximum atomic E-state index is 12.8. The van der Waals surface area contributed by atoms with E-state index in [2.05, 4.69) is 0 Å². The summed E-state index contributed by atoms with van der Waals surface area (Å²) in [5.41, 5.74) is 0.914. The molecule has 15 heteroatoms. The molecule has 0 amide bonds. The minimum atomic E-state index is -1.77. The van der Waals surface area contributed by atoms with Crippen molar-refractivity contribution in [2.45, 2.75) is 74.8 Å². The average Bonchev–Trinajstić information content (AvgIpc) is 2.99. The molecule has 4 rings (SSSR count). The van der Waals surface area contributed by atoms with Crippen molar-refractivity contribution in [2.75, 3.05) is 13.2 Å². The monoisotopic (exact) mass is 624 g/mol. The normalized spacial score (nSPS) is 32.5. The van der Waals surface area contributed by atoms with E-state index in [-0.39, 0.29) is 30.3 Å². The van der Waals surface area contributed by atoms with Crippen LogP contribution in [0, 0.1) is 0 Å². The number of aromatic hydroxyl groups is 4. The Labute approximate surface area is 251 Å². The Kier molecular flexibility index (Phi) is 11.0. The van der Waals surface area contributed by atoms with Gasteiger partial charge in [0.25, 0.3) is 0 Å². The molecule has 0 unspecified atom stereocenters. The Balaban J connectivity index is 1.52. The third-order valence-corrected chi connectivity index (χ3v) is 7.27. The number of aliphatic hydroxyl groups is 5. The number of phenols is 4. The Morgan fingerprint density at radius 2 is 1.50 bits per heavy atom. The number of ether oxygens (including phenoxy) is 5. The van der Waals surface area contributed by atoms with E-state index in [9.17, 15) is 50.8 Å². The van der Waals surface area contributed by atoms with Crippen LogP contribution in [0.4, 0.5) is 0 Å². The predicted molar refractivity (Wildman–Crippen MR) is 147 cm³/mol. The van der Waals surface area contributed by atoms with Gasteiger partial charge in [0.1, 0.15) is 36.6 Å². The van der Waals surface area contributed by atoms with E-state index in [1.54, 1.807) is 6.07 Å². The highest BCUT2D eigenvalue weighted by Gasteiger charge is 2.52. The summed E-state index contributed by atoms with van der Waals surface area (Å²) in [4.78, 5) is 12.8. The first-order valence-corrected chi connectivity index (χ1v) is 13.7. The summed E-state index contributed by atoms with van der Waals surface area (Å²) in [5, 5.41) is 90.5. The second kappa shape index (κ2) is 14.5. The SMILES string of the molecule is C[C@@H]1O[C@@H](O[C@@H]2[C@@H](O)[C@H](OCCc3ccc(O)c(O)c3)O[C@H](CO)[C@H]2OC(=O)/C=C/c2ccc(O)c(O)c2)[C@H](O)[C@@H](O)[C@H]1O. The van der Waals surface area contributed by atoms with Crippen LogP contribution in [0.25, 0.3) is 6.08 Å². The van der Waals surface area contributed by atoms with Crippen molar-refractivity contribution in [3.05, 3.63) is 53.6 Å². The van der Waals surface area contributed by atoms with Crippen molar-refractivity contribution in [3.63, 3.8) is 0 Å². The Hall–Kier alpha value is -3.51. The van der Waals surface area contributed by atoms with Crippen LogP contribution in [0.2, 0.25) is 0 Å². The largest absolute Gasteiger partial charge is 0.504 e. The van der Waals surface area contributed by atoms with Crippen molar-refractivity contribution in [1.82, 2.24) is 0 Å². The predicted octanol–water partition coefficient (Wildman–Crippen LogP) is -1.02. The van der Waals surface area contributed by atoms with Gasteiger partial charge >= 0.3 is 5.97 Å². The fourth-order valence-corrected chi connectivity index (χ4v) is 4.76. The Bertz CT molecular complexity index is 1300. The summed E-state index contributed by atoms with van der Waals surface area (Å²) in [6.07, 6.45) is -12.6. The molecule has 0 spiro atoms. The number of rotatable bonds is 10. The molecule has 242 valence electrons. The number of benzene rings is 2. The van der Waals surface area contributed by atoms with Crippen LogP contribution in [-0.2, 0) is 34.9 Å². The fraction of sp³-hybridized carbons (Fsp3) is 0.483. The van der Waals surface area contributed by atoms with E-state index in [0.717, 1.165) is 6.08 Å². The van der Waals surface area contributed by atoms with Gasteiger partial charge in [-0.15, -0.1) is 0 Å². The maximum absolute atomic E-state index is 12.8. The Morgan fingerprint density at radius 1 is 0.818 bits per heavy atom. The summed E-state index contributed by atoms with van der Waals surface area (Å²) >= 11 is 0. The van der Waals surface area contributed by atoms with Gasteiger partial charge < -0.3 is 69.6 Å². The Morgan fingerprint density at radius 3 is 2.16 bits per heavy atom. The summed E-state index contributed by atoms with van der Waals surface area (Å²) in [7, 11) is 0. The molecule has 15 nitrogen and oxygen atoms in total. The molecule has 0 bridgehead atoms. The first-order valence-electron chi connectivity index (χ1n) is 13.7. The second-order valence-corrected chi connectivity index (χ2v) is 10.4. The van der Waals surface area contributed by atoms with Gasteiger partial charge in [-0.1, -0.05) is 12.1 Å². The number of aliphatic hydroxyl groups excluding tert-OH is 5. The van der Waals surface area contributed by atoms with Crippen molar-refractivity contribution in [2.24, 2.45) is 0 Å². The molecular weight excluding hydrogens is 588 g/mol. The lowest BCUT2D eigenvalue weighted by atomic mass is 9.97. The lowest BCUT2D eigenvalue weighted by Crippen LogP contribution is -2.65. The number of carbonyl (C=O) groups is 1. The number of phenolic OH excluding ortho intramolecular Hbond substituents is 4. The van der Waals surface area contributed by atoms with Crippen LogP contribution >= 0.6 is 0 Å². The summed E-state index contributed by atoms with van der Waals surface area (Å²) < 4.78 is 28.2. The van der Waals surface area contributed by atoms with Crippen LogP contribution in [0.1, 0.15) is 18.1 Å². The van der Waals surface area contributed by atoms with Crippen LogP contribution in [0.3, 0.4) is 0 Å². The molecular formula is C29H36O15. The molecule has 2 aliphatic rings. The zero-order chi connectivity index (χ0) is 32.1. The second-order valence-electron chi connectivity index (χ2n) is 10.4. The zero-order valence-electron chi connectivity index (χ0n) is 23.5. The van der Waals surface area contributed by atoms with Gasteiger partial charge in [0.05, 0.1) is 19.3 Å². The molecule has 2 fully saturated rings. The maximum Gasteiger partial charge on any atom is 0.331 e. The van der Waals surface area contributed by atoms with E-state index in [4.69, 9.17) is 23.7 Å². The molecule has 0 aromatic heterocycles. The van der Waals surface area contributed by atoms with E-state index >= 15 is 0 Å². The van der Waals surface area contributed by atoms with Gasteiger partial charge in [0.2, 0.25) is 0 Å². The van der Waals surface area contributed by atoms with E-state index < -0.39 is 79.7 Å². The lowest BCUT2D eigenvalue weighted by Gasteiger charge is -2.46. The molecule has 2 aromatic rings. The third kappa shape index (κ3) is 7.76. The average molecular weight is 625 g/mol. The van der Waals surface area contributed by atoms with E-state index in [1.807, 2.05) is 0 Å². The third-order valence-electron chi connectivity index (χ3n) is 7.27. The minimum absolute atomic E-state index is 0.0754. The van der Waals surface area contributed by atoms with Crippen molar-refractivity contribution >= 4 is 12.0 Å². The molecule has 2 saturated heterocycles. The van der Waals surface area contributed by atoms with Crippen LogP contribution in [0.15, 0.2) is 42.5 Å². The molecule has 0 saturated carbocycles. The smallest absolute Gasteiger partial charge is 0.331 e. The van der Waals surface area contributed by atoms with Gasteiger partial charge in [0.15, 0.2) is 41.7 Å². The van der Waals surface area contributed by atoms with E-state index in [1.165, 1.54) is 43.3 Å². The molecule has 9 N–H and O–H groups in total. The highest BCUT2D eigenvalue weighted by Crippen LogP contribution is 2.32. The topological polar surface area (TPSA) is 245 Å². The zero-order valence-corrected chi connectivity index (χ0v) is 23.5. The number of carbonyl (C=O) groups excluding carboxylic acids is 1. The summed E-state index contributed by atoms with van der Waals surface area (Å²) in [5.74, 6) is -2.40. The standard InChI is InChI=1S/C29H36O15/c1-13-22(36)23(37)24(38)29(41-13)44-27-25(39)28(40-9-8-15-3-6-17(32)19(34)11-15)42-20(12-30)26(27)43-21(35)7-4-14-2-5-16(31)18(33)10-14/h2-7,10-11,13,20,22-34,36-39H,8-9,12H2,1H3/b7-4+/t13-,20+,22-,23-,24+,25+,26+,27+,28+,29-/m0/s1.